The van der Waals surface area contributed by atoms with Gasteiger partial charge in [0.05, 0.1) is 13.2 Å². The summed E-state index contributed by atoms with van der Waals surface area (Å²) >= 11 is 0. The Kier molecular flexibility index (Phi) is 7.58. The highest BCUT2D eigenvalue weighted by Crippen LogP contribution is 2.35. The molecule has 2 aliphatic rings. The van der Waals surface area contributed by atoms with Crippen molar-refractivity contribution >= 4 is 22.6 Å². The SMILES string of the molecule is COC(=O)C1C[C@@H](O)CN1C(=O)c1ccc(C2CCCC(N[C@H](C)c3cccc4ccccc34)C2)cc1. The fourth-order valence-electron chi connectivity index (χ4n) is 6.18. The molecule has 37 heavy (non-hydrogen) atoms. The van der Waals surface area contributed by atoms with E-state index in [9.17, 15) is 14.7 Å². The maximum absolute atomic E-state index is 13.1. The van der Waals surface area contributed by atoms with Gasteiger partial charge in [-0.25, -0.2) is 4.79 Å². The van der Waals surface area contributed by atoms with Gasteiger partial charge in [0.25, 0.3) is 5.91 Å². The van der Waals surface area contributed by atoms with Crippen LogP contribution in [0, 0.1) is 0 Å². The molecule has 0 bridgehead atoms. The second-order valence-corrected chi connectivity index (χ2v) is 10.5. The fourth-order valence-corrected chi connectivity index (χ4v) is 6.18. The van der Waals surface area contributed by atoms with Gasteiger partial charge in [0.15, 0.2) is 0 Å². The molecule has 5 rings (SSSR count). The molecule has 3 unspecified atom stereocenters. The number of nitrogens with one attached hydrogen (secondary N) is 1. The third-order valence-corrected chi connectivity index (χ3v) is 8.09. The second kappa shape index (κ2) is 11.0. The lowest BCUT2D eigenvalue weighted by Crippen LogP contribution is -2.41. The summed E-state index contributed by atoms with van der Waals surface area (Å²) in [6, 6.07) is 22.8. The summed E-state index contributed by atoms with van der Waals surface area (Å²) in [5, 5.41) is 16.5. The van der Waals surface area contributed by atoms with E-state index in [4.69, 9.17) is 4.74 Å². The third kappa shape index (κ3) is 5.41. The molecular weight excluding hydrogens is 464 g/mol. The molecule has 5 atom stereocenters. The van der Waals surface area contributed by atoms with Gasteiger partial charge in [-0.1, -0.05) is 61.0 Å². The maximum Gasteiger partial charge on any atom is 0.328 e. The Hall–Kier alpha value is -3.22. The van der Waals surface area contributed by atoms with Crippen LogP contribution in [0.5, 0.6) is 0 Å². The molecule has 1 aliphatic heterocycles. The van der Waals surface area contributed by atoms with Gasteiger partial charge in [-0.05, 0) is 66.1 Å². The van der Waals surface area contributed by atoms with Crippen molar-refractivity contribution < 1.29 is 19.4 Å². The molecule has 3 aromatic rings. The van der Waals surface area contributed by atoms with Crippen LogP contribution in [0.3, 0.4) is 0 Å². The molecule has 1 saturated heterocycles. The molecule has 1 amide bonds. The van der Waals surface area contributed by atoms with Crippen molar-refractivity contribution in [2.75, 3.05) is 13.7 Å². The van der Waals surface area contributed by atoms with Gasteiger partial charge in [0, 0.05) is 30.6 Å². The Bertz CT molecular complexity index is 1250. The predicted molar refractivity (Wildman–Crippen MR) is 144 cm³/mol. The molecule has 0 spiro atoms. The van der Waals surface area contributed by atoms with E-state index in [1.807, 2.05) is 24.3 Å². The number of methoxy groups -OCH3 is 1. The number of hydrogen-bond donors (Lipinski definition) is 2. The molecule has 1 saturated carbocycles. The number of carbonyl (C=O) groups is 2. The molecule has 6 heteroatoms. The van der Waals surface area contributed by atoms with E-state index in [0.717, 1.165) is 25.7 Å². The number of esters is 1. The smallest absolute Gasteiger partial charge is 0.328 e. The number of carbonyl (C=O) groups excluding carboxylic acids is 2. The third-order valence-electron chi connectivity index (χ3n) is 8.09. The molecule has 0 radical (unpaired) electrons. The quantitative estimate of drug-likeness (QED) is 0.468. The standard InChI is InChI=1S/C31H36N2O4/c1-20(27-12-6-8-22-7-3-4-11-28(22)27)32-25-10-5-9-24(17-25)21-13-15-23(16-14-21)30(35)33-19-26(34)18-29(33)31(36)37-2/h3-4,6-8,11-16,20,24-26,29,32,34H,5,9-10,17-19H2,1-2H3/t20-,24?,25?,26-,29?/m1/s1. The Morgan fingerprint density at radius 3 is 2.54 bits per heavy atom. The van der Waals surface area contributed by atoms with Gasteiger partial charge < -0.3 is 20.1 Å². The van der Waals surface area contributed by atoms with Crippen LogP contribution in [-0.4, -0.2) is 53.7 Å². The van der Waals surface area contributed by atoms with Crippen LogP contribution in [0.25, 0.3) is 10.8 Å². The van der Waals surface area contributed by atoms with E-state index in [1.165, 1.54) is 33.9 Å². The first kappa shape index (κ1) is 25.4. The van der Waals surface area contributed by atoms with Gasteiger partial charge in [0.2, 0.25) is 0 Å². The summed E-state index contributed by atoms with van der Waals surface area (Å²) in [7, 11) is 1.31. The summed E-state index contributed by atoms with van der Waals surface area (Å²) in [6.45, 7) is 2.40. The summed E-state index contributed by atoms with van der Waals surface area (Å²) in [5.41, 5.74) is 3.11. The molecule has 194 valence electrons. The highest BCUT2D eigenvalue weighted by atomic mass is 16.5. The van der Waals surface area contributed by atoms with Crippen molar-refractivity contribution in [3.63, 3.8) is 0 Å². The molecule has 1 heterocycles. The Morgan fingerprint density at radius 1 is 1.00 bits per heavy atom. The van der Waals surface area contributed by atoms with Crippen molar-refractivity contribution in [3.8, 4) is 0 Å². The van der Waals surface area contributed by atoms with Gasteiger partial charge in [0.1, 0.15) is 6.04 Å². The van der Waals surface area contributed by atoms with Crippen molar-refractivity contribution in [1.29, 1.82) is 0 Å². The van der Waals surface area contributed by atoms with E-state index in [0.29, 0.717) is 17.5 Å². The molecular formula is C31H36N2O4. The van der Waals surface area contributed by atoms with Gasteiger partial charge >= 0.3 is 5.97 Å². The zero-order chi connectivity index (χ0) is 25.9. The minimum atomic E-state index is -0.735. The number of likely N-dealkylation sites (tertiary alicyclic amines) is 1. The number of ether oxygens (including phenoxy) is 1. The van der Waals surface area contributed by atoms with Gasteiger partial charge in [-0.2, -0.15) is 0 Å². The monoisotopic (exact) mass is 500 g/mol. The summed E-state index contributed by atoms with van der Waals surface area (Å²) in [6.07, 6.45) is 4.02. The fraction of sp³-hybridized carbons (Fsp3) is 0.419. The first-order valence-corrected chi connectivity index (χ1v) is 13.3. The van der Waals surface area contributed by atoms with Crippen molar-refractivity contribution in [3.05, 3.63) is 83.4 Å². The van der Waals surface area contributed by atoms with Crippen molar-refractivity contribution in [2.45, 2.75) is 69.2 Å². The van der Waals surface area contributed by atoms with E-state index >= 15 is 0 Å². The number of hydrogen-bond acceptors (Lipinski definition) is 5. The number of rotatable bonds is 6. The topological polar surface area (TPSA) is 78.9 Å². The highest BCUT2D eigenvalue weighted by Gasteiger charge is 2.40. The minimum absolute atomic E-state index is 0.144. The Labute approximate surface area is 218 Å². The van der Waals surface area contributed by atoms with Gasteiger partial charge in [-0.15, -0.1) is 0 Å². The molecule has 0 aromatic heterocycles. The number of benzene rings is 3. The van der Waals surface area contributed by atoms with Crippen LogP contribution in [0.2, 0.25) is 0 Å². The van der Waals surface area contributed by atoms with Crippen LogP contribution < -0.4 is 5.32 Å². The average Bonchev–Trinajstić information content (AvgIpc) is 3.33. The van der Waals surface area contributed by atoms with E-state index in [1.54, 1.807) is 0 Å². The molecule has 2 N–H and O–H groups in total. The second-order valence-electron chi connectivity index (χ2n) is 10.5. The summed E-state index contributed by atoms with van der Waals surface area (Å²) < 4.78 is 4.83. The average molecular weight is 501 g/mol. The van der Waals surface area contributed by atoms with E-state index in [2.05, 4.69) is 54.7 Å². The summed E-state index contributed by atoms with van der Waals surface area (Å²) in [5.74, 6) is -0.294. The van der Waals surface area contributed by atoms with E-state index in [-0.39, 0.29) is 24.9 Å². The lowest BCUT2D eigenvalue weighted by molar-refractivity contribution is -0.145. The summed E-state index contributed by atoms with van der Waals surface area (Å²) in [4.78, 5) is 26.6. The molecule has 2 fully saturated rings. The first-order valence-electron chi connectivity index (χ1n) is 13.3. The van der Waals surface area contributed by atoms with Crippen LogP contribution in [0.1, 0.15) is 72.5 Å². The van der Waals surface area contributed by atoms with Crippen LogP contribution in [0.15, 0.2) is 66.7 Å². The Balaban J connectivity index is 1.24. The first-order chi connectivity index (χ1) is 17.9. The maximum atomic E-state index is 13.1. The number of amides is 1. The van der Waals surface area contributed by atoms with Crippen molar-refractivity contribution in [1.82, 2.24) is 10.2 Å². The van der Waals surface area contributed by atoms with Crippen LogP contribution in [-0.2, 0) is 9.53 Å². The highest BCUT2D eigenvalue weighted by molar-refractivity contribution is 5.97. The zero-order valence-corrected chi connectivity index (χ0v) is 21.6. The van der Waals surface area contributed by atoms with Crippen LogP contribution in [0.4, 0.5) is 0 Å². The number of aliphatic hydroxyl groups is 1. The lowest BCUT2D eigenvalue weighted by atomic mass is 9.80. The van der Waals surface area contributed by atoms with E-state index < -0.39 is 18.1 Å². The largest absolute Gasteiger partial charge is 0.467 e. The number of aliphatic hydroxyl groups excluding tert-OH is 1. The molecule has 3 aromatic carbocycles. The minimum Gasteiger partial charge on any atom is -0.467 e. The van der Waals surface area contributed by atoms with Crippen molar-refractivity contribution in [2.24, 2.45) is 0 Å². The zero-order valence-electron chi connectivity index (χ0n) is 21.6. The Morgan fingerprint density at radius 2 is 1.76 bits per heavy atom. The molecule has 1 aliphatic carbocycles. The normalized spacial score (nSPS) is 24.7. The van der Waals surface area contributed by atoms with Gasteiger partial charge in [-0.3, -0.25) is 4.79 Å². The number of fused-ring (bicyclic) bond motifs is 1. The molecule has 6 nitrogen and oxygen atoms in total. The van der Waals surface area contributed by atoms with Crippen LogP contribution >= 0.6 is 0 Å². The number of nitrogens with zero attached hydrogens (tertiary/aromatic N) is 1. The predicted octanol–water partition coefficient (Wildman–Crippen LogP) is 4.97. The lowest BCUT2D eigenvalue weighted by Gasteiger charge is -2.33. The number of β-amino-alcohol motifs (C(OH)–C–C–N with tert-alkyl or cyclic N) is 1.